The van der Waals surface area contributed by atoms with Crippen LogP contribution in [0.3, 0.4) is 0 Å². The molecule has 144 valence electrons. The highest BCUT2D eigenvalue weighted by atomic mass is 32.1. The highest BCUT2D eigenvalue weighted by Gasteiger charge is 2.11. The minimum atomic E-state index is -0.415. The minimum absolute atomic E-state index is 0.0531. The number of carbonyl (C=O) groups excluding carboxylic acids is 2. The van der Waals surface area contributed by atoms with Crippen molar-refractivity contribution in [1.29, 1.82) is 0 Å². The lowest BCUT2D eigenvalue weighted by atomic mass is 10.1. The van der Waals surface area contributed by atoms with Gasteiger partial charge < -0.3 is 14.8 Å². The third-order valence-corrected chi connectivity index (χ3v) is 3.90. The zero-order chi connectivity index (χ0) is 19.4. The van der Waals surface area contributed by atoms with Gasteiger partial charge in [0.05, 0.1) is 14.2 Å². The molecule has 8 heteroatoms. The number of benzene rings is 1. The molecule has 1 aromatic rings. The molecule has 2 amide bonds. The summed E-state index contributed by atoms with van der Waals surface area (Å²) >= 11 is 5.00. The molecule has 1 rings (SSSR count). The van der Waals surface area contributed by atoms with Crippen molar-refractivity contribution in [3.63, 3.8) is 0 Å². The first-order chi connectivity index (χ1) is 12.5. The van der Waals surface area contributed by atoms with Crippen LogP contribution >= 0.6 is 12.2 Å². The number of hydrazine groups is 1. The molecule has 1 aromatic carbocycles. The summed E-state index contributed by atoms with van der Waals surface area (Å²) in [4.78, 5) is 23.9. The van der Waals surface area contributed by atoms with E-state index in [1.54, 1.807) is 18.2 Å². The Morgan fingerprint density at radius 2 is 1.69 bits per heavy atom. The molecule has 0 radical (unpaired) electrons. The van der Waals surface area contributed by atoms with Gasteiger partial charge in [-0.2, -0.15) is 0 Å². The first-order valence-corrected chi connectivity index (χ1v) is 9.04. The van der Waals surface area contributed by atoms with Gasteiger partial charge in [0.25, 0.3) is 5.91 Å². The number of rotatable bonds is 9. The summed E-state index contributed by atoms with van der Waals surface area (Å²) in [6.07, 6.45) is 5.75. The zero-order valence-electron chi connectivity index (χ0n) is 15.5. The number of thiocarbonyl (C=S) groups is 1. The van der Waals surface area contributed by atoms with Gasteiger partial charge >= 0.3 is 0 Å². The molecule has 0 saturated heterocycles. The van der Waals surface area contributed by atoms with Gasteiger partial charge in [-0.15, -0.1) is 0 Å². The van der Waals surface area contributed by atoms with E-state index in [1.807, 2.05) is 0 Å². The molecule has 0 spiro atoms. The van der Waals surface area contributed by atoms with Crippen LogP contribution in [0.5, 0.6) is 11.5 Å². The SMILES string of the molecule is CCCCCCCC(=O)NC(=S)NNC(=O)c1ccc(OC)c(OC)c1. The highest BCUT2D eigenvalue weighted by Crippen LogP contribution is 2.27. The molecule has 0 aliphatic heterocycles. The van der Waals surface area contributed by atoms with Crippen molar-refractivity contribution in [2.75, 3.05) is 14.2 Å². The summed E-state index contributed by atoms with van der Waals surface area (Å²) in [7, 11) is 3.01. The molecular weight excluding hydrogens is 354 g/mol. The third kappa shape index (κ3) is 7.69. The van der Waals surface area contributed by atoms with E-state index >= 15 is 0 Å². The molecule has 0 saturated carbocycles. The number of ether oxygens (including phenoxy) is 2. The van der Waals surface area contributed by atoms with E-state index in [9.17, 15) is 9.59 Å². The van der Waals surface area contributed by atoms with Crippen LogP contribution < -0.4 is 25.6 Å². The van der Waals surface area contributed by atoms with Crippen LogP contribution in [0.1, 0.15) is 55.8 Å². The topological polar surface area (TPSA) is 88.7 Å². The van der Waals surface area contributed by atoms with Crippen LogP contribution in [0, 0.1) is 0 Å². The summed E-state index contributed by atoms with van der Waals surface area (Å²) in [5, 5.41) is 2.59. The third-order valence-electron chi connectivity index (χ3n) is 3.70. The van der Waals surface area contributed by atoms with Gasteiger partial charge in [0, 0.05) is 12.0 Å². The predicted octanol–water partition coefficient (Wildman–Crippen LogP) is 2.70. The van der Waals surface area contributed by atoms with Crippen molar-refractivity contribution in [3.8, 4) is 11.5 Å². The van der Waals surface area contributed by atoms with Crippen molar-refractivity contribution in [2.45, 2.75) is 45.4 Å². The van der Waals surface area contributed by atoms with Gasteiger partial charge in [-0.1, -0.05) is 32.6 Å². The largest absolute Gasteiger partial charge is 0.493 e. The molecule has 0 aliphatic carbocycles. The number of unbranched alkanes of at least 4 members (excludes halogenated alkanes) is 4. The average Bonchev–Trinajstić information content (AvgIpc) is 2.65. The lowest BCUT2D eigenvalue weighted by molar-refractivity contribution is -0.119. The lowest BCUT2D eigenvalue weighted by Gasteiger charge is -2.12. The molecule has 0 bridgehead atoms. The van der Waals surface area contributed by atoms with E-state index in [2.05, 4.69) is 23.1 Å². The summed E-state index contributed by atoms with van der Waals surface area (Å²) < 4.78 is 10.3. The Morgan fingerprint density at radius 1 is 1.00 bits per heavy atom. The van der Waals surface area contributed by atoms with E-state index in [4.69, 9.17) is 21.7 Å². The molecule has 0 unspecified atom stereocenters. The number of nitrogens with one attached hydrogen (secondary N) is 3. The number of hydrogen-bond donors (Lipinski definition) is 3. The molecule has 0 atom stereocenters. The molecule has 0 aliphatic rings. The normalized spacial score (nSPS) is 9.96. The second-order valence-electron chi connectivity index (χ2n) is 5.69. The molecule has 3 N–H and O–H groups in total. The molecular formula is C18H27N3O4S. The van der Waals surface area contributed by atoms with E-state index in [1.165, 1.54) is 27.1 Å². The predicted molar refractivity (Wildman–Crippen MR) is 104 cm³/mol. The minimum Gasteiger partial charge on any atom is -0.493 e. The second-order valence-corrected chi connectivity index (χ2v) is 6.10. The zero-order valence-corrected chi connectivity index (χ0v) is 16.3. The maximum Gasteiger partial charge on any atom is 0.269 e. The molecule has 7 nitrogen and oxygen atoms in total. The Labute approximate surface area is 159 Å². The molecule has 0 aromatic heterocycles. The molecule has 26 heavy (non-hydrogen) atoms. The maximum atomic E-state index is 12.1. The van der Waals surface area contributed by atoms with Gasteiger partial charge in [-0.25, -0.2) is 0 Å². The second kappa shape index (κ2) is 12.1. The van der Waals surface area contributed by atoms with Crippen LogP contribution in [0.25, 0.3) is 0 Å². The van der Waals surface area contributed by atoms with Gasteiger partial charge in [0.15, 0.2) is 16.6 Å². The van der Waals surface area contributed by atoms with E-state index in [-0.39, 0.29) is 11.0 Å². The summed E-state index contributed by atoms with van der Waals surface area (Å²) in [5.74, 6) is 0.388. The van der Waals surface area contributed by atoms with E-state index in [0.29, 0.717) is 23.5 Å². The average molecular weight is 381 g/mol. The Hall–Kier alpha value is -2.35. The van der Waals surface area contributed by atoms with E-state index in [0.717, 1.165) is 19.3 Å². The first kappa shape index (κ1) is 21.7. The first-order valence-electron chi connectivity index (χ1n) is 8.64. The van der Waals surface area contributed by atoms with Crippen molar-refractivity contribution in [1.82, 2.24) is 16.2 Å². The fourth-order valence-corrected chi connectivity index (χ4v) is 2.44. The van der Waals surface area contributed by atoms with Crippen LogP contribution in [-0.4, -0.2) is 31.1 Å². The summed E-state index contributed by atoms with van der Waals surface area (Å²) in [5.41, 5.74) is 5.31. The van der Waals surface area contributed by atoms with Gasteiger partial charge in [0.1, 0.15) is 0 Å². The molecule has 0 heterocycles. The quantitative estimate of drug-likeness (QED) is 0.346. The van der Waals surface area contributed by atoms with E-state index < -0.39 is 5.91 Å². The van der Waals surface area contributed by atoms with Crippen molar-refractivity contribution < 1.29 is 19.1 Å². The van der Waals surface area contributed by atoms with Crippen LogP contribution in [-0.2, 0) is 4.79 Å². The van der Waals surface area contributed by atoms with Crippen LogP contribution in [0.2, 0.25) is 0 Å². The van der Waals surface area contributed by atoms with Crippen LogP contribution in [0.4, 0.5) is 0 Å². The monoisotopic (exact) mass is 381 g/mol. The Morgan fingerprint density at radius 3 is 2.35 bits per heavy atom. The Bertz CT molecular complexity index is 622. The van der Waals surface area contributed by atoms with Gasteiger partial charge in [0.2, 0.25) is 5.91 Å². The lowest BCUT2D eigenvalue weighted by Crippen LogP contribution is -2.48. The summed E-state index contributed by atoms with van der Waals surface area (Å²) in [6, 6.07) is 4.77. The highest BCUT2D eigenvalue weighted by molar-refractivity contribution is 7.80. The fourth-order valence-electron chi connectivity index (χ4n) is 2.27. The van der Waals surface area contributed by atoms with Gasteiger partial charge in [-0.3, -0.25) is 20.4 Å². The summed E-state index contributed by atoms with van der Waals surface area (Å²) in [6.45, 7) is 2.15. The van der Waals surface area contributed by atoms with Crippen molar-refractivity contribution in [2.24, 2.45) is 0 Å². The van der Waals surface area contributed by atoms with Crippen LogP contribution in [0.15, 0.2) is 18.2 Å². The standard InChI is InChI=1S/C18H27N3O4S/c1-4-5-6-7-8-9-16(22)19-18(26)21-20-17(23)13-10-11-14(24-2)15(12-13)25-3/h10-12H,4-9H2,1-3H3,(H,20,23)(H2,19,21,22,26). The number of amides is 2. The Kier molecular flexibility index (Phi) is 10.1. The maximum absolute atomic E-state index is 12.1. The Balaban J connectivity index is 2.37. The van der Waals surface area contributed by atoms with Gasteiger partial charge in [-0.05, 0) is 36.8 Å². The van der Waals surface area contributed by atoms with Crippen molar-refractivity contribution in [3.05, 3.63) is 23.8 Å². The van der Waals surface area contributed by atoms with Crippen molar-refractivity contribution >= 4 is 29.1 Å². The smallest absolute Gasteiger partial charge is 0.269 e. The number of carbonyl (C=O) groups is 2. The molecule has 0 fully saturated rings. The fraction of sp³-hybridized carbons (Fsp3) is 0.500. The number of methoxy groups -OCH3 is 2. The number of hydrogen-bond acceptors (Lipinski definition) is 5.